The Morgan fingerprint density at radius 3 is 2.41 bits per heavy atom. The van der Waals surface area contributed by atoms with E-state index in [2.05, 4.69) is 26.9 Å². The lowest BCUT2D eigenvalue weighted by Crippen LogP contribution is -2.29. The molecule has 0 N–H and O–H groups in total. The van der Waals surface area contributed by atoms with Gasteiger partial charge in [-0.15, -0.1) is 10.2 Å². The maximum absolute atomic E-state index is 12.3. The molecule has 0 unspecified atom stereocenters. The highest BCUT2D eigenvalue weighted by Gasteiger charge is 2.22. The van der Waals surface area contributed by atoms with E-state index in [9.17, 15) is 4.79 Å². The molecule has 1 amide bonds. The predicted molar refractivity (Wildman–Crippen MR) is 116 cm³/mol. The minimum absolute atomic E-state index is 0.0543. The molecule has 1 atom stereocenters. The molecule has 152 valence electrons. The summed E-state index contributed by atoms with van der Waals surface area (Å²) in [6.07, 6.45) is 0.853. The number of hydrogen-bond donors (Lipinski definition) is 0. The van der Waals surface area contributed by atoms with Gasteiger partial charge in [0.05, 0.1) is 12.4 Å². The van der Waals surface area contributed by atoms with Crippen LogP contribution in [0.2, 0.25) is 0 Å². The van der Waals surface area contributed by atoms with Crippen LogP contribution in [0.25, 0.3) is 11.4 Å². The molecule has 1 aromatic heterocycles. The molecule has 0 radical (unpaired) electrons. The van der Waals surface area contributed by atoms with Crippen molar-refractivity contribution in [3.63, 3.8) is 0 Å². The molecule has 3 aromatic rings. The van der Waals surface area contributed by atoms with Gasteiger partial charge in [-0.2, -0.15) is 0 Å². The number of aryl methyl sites for hydroxylation is 1. The SMILES string of the molecule is COc1ccc(-c2nnc(S[C@@H](C)C(=O)N(C)C)n2CCc2ccccc2)cc1. The quantitative estimate of drug-likeness (QED) is 0.529. The van der Waals surface area contributed by atoms with Gasteiger partial charge in [-0.05, 0) is 43.2 Å². The lowest BCUT2D eigenvalue weighted by molar-refractivity contribution is -0.127. The molecule has 29 heavy (non-hydrogen) atoms. The van der Waals surface area contributed by atoms with Crippen molar-refractivity contribution < 1.29 is 9.53 Å². The Kier molecular flexibility index (Phi) is 6.93. The van der Waals surface area contributed by atoms with Gasteiger partial charge in [-0.3, -0.25) is 4.79 Å². The van der Waals surface area contributed by atoms with Crippen LogP contribution in [-0.2, 0) is 17.8 Å². The van der Waals surface area contributed by atoms with Gasteiger partial charge in [-0.1, -0.05) is 42.1 Å². The minimum Gasteiger partial charge on any atom is -0.497 e. The van der Waals surface area contributed by atoms with Crippen LogP contribution in [-0.4, -0.2) is 52.0 Å². The number of hydrogen-bond acceptors (Lipinski definition) is 5. The van der Waals surface area contributed by atoms with Crippen molar-refractivity contribution in [1.82, 2.24) is 19.7 Å². The summed E-state index contributed by atoms with van der Waals surface area (Å²) in [6, 6.07) is 18.1. The molecule has 3 rings (SSSR count). The van der Waals surface area contributed by atoms with Crippen LogP contribution in [0.1, 0.15) is 12.5 Å². The van der Waals surface area contributed by atoms with Crippen molar-refractivity contribution in [3.05, 3.63) is 60.2 Å². The van der Waals surface area contributed by atoms with Gasteiger partial charge in [0, 0.05) is 26.2 Å². The molecule has 7 heteroatoms. The minimum atomic E-state index is -0.242. The van der Waals surface area contributed by atoms with Crippen LogP contribution in [0.4, 0.5) is 0 Å². The smallest absolute Gasteiger partial charge is 0.235 e. The highest BCUT2D eigenvalue weighted by molar-refractivity contribution is 8.00. The number of aromatic nitrogens is 3. The topological polar surface area (TPSA) is 60.3 Å². The van der Waals surface area contributed by atoms with Gasteiger partial charge < -0.3 is 14.2 Å². The lowest BCUT2D eigenvalue weighted by Gasteiger charge is -2.17. The monoisotopic (exact) mass is 410 g/mol. The van der Waals surface area contributed by atoms with E-state index in [1.54, 1.807) is 26.1 Å². The van der Waals surface area contributed by atoms with Crippen LogP contribution < -0.4 is 4.74 Å². The Morgan fingerprint density at radius 1 is 1.10 bits per heavy atom. The number of ether oxygens (including phenoxy) is 1. The summed E-state index contributed by atoms with van der Waals surface area (Å²) in [5.41, 5.74) is 2.21. The Balaban J connectivity index is 1.90. The Bertz CT molecular complexity index is 939. The van der Waals surface area contributed by atoms with E-state index in [0.717, 1.165) is 35.3 Å². The first kappa shape index (κ1) is 20.9. The van der Waals surface area contributed by atoms with Crippen molar-refractivity contribution in [2.45, 2.75) is 30.3 Å². The maximum atomic E-state index is 12.3. The highest BCUT2D eigenvalue weighted by Crippen LogP contribution is 2.28. The molecule has 2 aromatic carbocycles. The zero-order chi connectivity index (χ0) is 20.8. The second-order valence-electron chi connectivity index (χ2n) is 6.91. The molecular formula is C22H26N4O2S. The molecule has 0 aliphatic carbocycles. The predicted octanol–water partition coefficient (Wildman–Crippen LogP) is 3.77. The zero-order valence-corrected chi connectivity index (χ0v) is 18.0. The third-order valence-corrected chi connectivity index (χ3v) is 5.67. The molecule has 0 bridgehead atoms. The number of benzene rings is 2. The fourth-order valence-corrected chi connectivity index (χ4v) is 4.01. The summed E-state index contributed by atoms with van der Waals surface area (Å²) in [4.78, 5) is 13.9. The number of amides is 1. The van der Waals surface area contributed by atoms with E-state index in [1.807, 2.05) is 49.4 Å². The van der Waals surface area contributed by atoms with Gasteiger partial charge >= 0.3 is 0 Å². The summed E-state index contributed by atoms with van der Waals surface area (Å²) >= 11 is 1.44. The first-order valence-corrected chi connectivity index (χ1v) is 10.4. The third-order valence-electron chi connectivity index (χ3n) is 4.60. The molecule has 0 fully saturated rings. The molecule has 1 heterocycles. The number of thioether (sulfide) groups is 1. The Morgan fingerprint density at radius 2 is 1.79 bits per heavy atom. The normalized spacial score (nSPS) is 11.9. The molecule has 0 saturated heterocycles. The molecule has 0 spiro atoms. The first-order chi connectivity index (χ1) is 14.0. The standard InChI is InChI=1S/C22H26N4O2S/c1-16(21(27)25(2)3)29-22-24-23-20(18-10-12-19(28-4)13-11-18)26(22)15-14-17-8-6-5-7-9-17/h5-13,16H,14-15H2,1-4H3/t16-/m0/s1. The summed E-state index contributed by atoms with van der Waals surface area (Å²) < 4.78 is 7.35. The molecule has 0 saturated carbocycles. The van der Waals surface area contributed by atoms with Crippen molar-refractivity contribution in [1.29, 1.82) is 0 Å². The fourth-order valence-electron chi connectivity index (χ4n) is 2.99. The second-order valence-corrected chi connectivity index (χ2v) is 8.22. The number of methoxy groups -OCH3 is 1. The van der Waals surface area contributed by atoms with E-state index >= 15 is 0 Å². The molecular weight excluding hydrogens is 384 g/mol. The van der Waals surface area contributed by atoms with Crippen molar-refractivity contribution in [3.8, 4) is 17.1 Å². The number of carbonyl (C=O) groups excluding carboxylic acids is 1. The van der Waals surface area contributed by atoms with Gasteiger partial charge in [0.15, 0.2) is 11.0 Å². The van der Waals surface area contributed by atoms with Gasteiger partial charge in [0.25, 0.3) is 0 Å². The van der Waals surface area contributed by atoms with Gasteiger partial charge in [-0.25, -0.2) is 0 Å². The van der Waals surface area contributed by atoms with E-state index < -0.39 is 0 Å². The average molecular weight is 411 g/mol. The third kappa shape index (κ3) is 5.17. The van der Waals surface area contributed by atoms with E-state index in [0.29, 0.717) is 0 Å². The second kappa shape index (κ2) is 9.60. The molecule has 0 aliphatic rings. The van der Waals surface area contributed by atoms with E-state index in [4.69, 9.17) is 4.74 Å². The number of rotatable bonds is 8. The van der Waals surface area contributed by atoms with Crippen molar-refractivity contribution >= 4 is 17.7 Å². The zero-order valence-electron chi connectivity index (χ0n) is 17.2. The van der Waals surface area contributed by atoms with Crippen molar-refractivity contribution in [2.75, 3.05) is 21.2 Å². The summed E-state index contributed by atoms with van der Waals surface area (Å²) in [7, 11) is 5.18. The summed E-state index contributed by atoms with van der Waals surface area (Å²) in [5, 5.41) is 9.34. The largest absolute Gasteiger partial charge is 0.497 e. The average Bonchev–Trinajstić information content (AvgIpc) is 3.14. The van der Waals surface area contributed by atoms with E-state index in [1.165, 1.54) is 17.3 Å². The fraction of sp³-hybridized carbons (Fsp3) is 0.318. The highest BCUT2D eigenvalue weighted by atomic mass is 32.2. The first-order valence-electron chi connectivity index (χ1n) is 9.49. The number of carbonyl (C=O) groups is 1. The molecule has 6 nitrogen and oxygen atoms in total. The van der Waals surface area contributed by atoms with Gasteiger partial charge in [0.2, 0.25) is 5.91 Å². The van der Waals surface area contributed by atoms with Crippen LogP contribution in [0, 0.1) is 0 Å². The number of nitrogens with zero attached hydrogens (tertiary/aromatic N) is 4. The Hall–Kier alpha value is -2.80. The lowest BCUT2D eigenvalue weighted by atomic mass is 10.1. The van der Waals surface area contributed by atoms with Crippen LogP contribution in [0.5, 0.6) is 5.75 Å². The van der Waals surface area contributed by atoms with Crippen LogP contribution in [0.3, 0.4) is 0 Å². The van der Waals surface area contributed by atoms with Gasteiger partial charge in [0.1, 0.15) is 5.75 Å². The molecule has 0 aliphatic heterocycles. The summed E-state index contributed by atoms with van der Waals surface area (Å²) in [5.74, 6) is 1.64. The van der Waals surface area contributed by atoms with Crippen molar-refractivity contribution in [2.24, 2.45) is 0 Å². The van der Waals surface area contributed by atoms with Crippen LogP contribution in [0.15, 0.2) is 59.8 Å². The Labute approximate surface area is 175 Å². The maximum Gasteiger partial charge on any atom is 0.235 e. The summed E-state index contributed by atoms with van der Waals surface area (Å²) in [6.45, 7) is 2.62. The van der Waals surface area contributed by atoms with E-state index in [-0.39, 0.29) is 11.2 Å². The van der Waals surface area contributed by atoms with Crippen LogP contribution >= 0.6 is 11.8 Å².